The zero-order chi connectivity index (χ0) is 20.3. The highest BCUT2D eigenvalue weighted by atomic mass is 19.1. The molecule has 2 fully saturated rings. The maximum atomic E-state index is 13.9. The van der Waals surface area contributed by atoms with Crippen LogP contribution in [0.5, 0.6) is 0 Å². The first-order valence-corrected chi connectivity index (χ1v) is 9.33. The number of ether oxygens (including phenoxy) is 1. The summed E-state index contributed by atoms with van der Waals surface area (Å²) in [5, 5.41) is 4.01. The van der Waals surface area contributed by atoms with E-state index < -0.39 is 36.3 Å². The second-order valence-corrected chi connectivity index (χ2v) is 6.89. The summed E-state index contributed by atoms with van der Waals surface area (Å²) in [5.74, 6) is -1.71. The van der Waals surface area contributed by atoms with E-state index in [0.29, 0.717) is 12.2 Å². The van der Waals surface area contributed by atoms with Gasteiger partial charge in [-0.2, -0.15) is 5.06 Å². The van der Waals surface area contributed by atoms with Crippen molar-refractivity contribution < 1.29 is 33.2 Å². The van der Waals surface area contributed by atoms with Gasteiger partial charge in [-0.1, -0.05) is 6.08 Å². The molecule has 28 heavy (non-hydrogen) atoms. The molecule has 0 aromatic carbocycles. The Kier molecular flexibility index (Phi) is 6.47. The summed E-state index contributed by atoms with van der Waals surface area (Å²) >= 11 is 0. The van der Waals surface area contributed by atoms with Crippen molar-refractivity contribution in [2.24, 2.45) is 0 Å². The molecular formula is C17H25FN4O6. The van der Waals surface area contributed by atoms with E-state index in [4.69, 9.17) is 9.68 Å². The molecule has 11 heteroatoms. The summed E-state index contributed by atoms with van der Waals surface area (Å²) < 4.78 is 18.4. The Morgan fingerprint density at radius 2 is 2.25 bits per heavy atom. The molecule has 2 N–H and O–H groups in total. The quantitative estimate of drug-likeness (QED) is 0.336. The number of fused-ring (bicyclic) bond motifs is 2. The Morgan fingerprint density at radius 1 is 1.46 bits per heavy atom. The van der Waals surface area contributed by atoms with E-state index in [0.717, 1.165) is 24.4 Å². The van der Waals surface area contributed by atoms with Crippen molar-refractivity contribution in [2.45, 2.75) is 51.2 Å². The number of nitrogens with one attached hydrogen (secondary N) is 2. The Hall–Kier alpha value is -2.24. The van der Waals surface area contributed by atoms with E-state index in [9.17, 15) is 18.8 Å². The summed E-state index contributed by atoms with van der Waals surface area (Å²) in [6, 6.07) is -2.01. The monoisotopic (exact) mass is 400 g/mol. The Balaban J connectivity index is 1.58. The predicted octanol–water partition coefficient (Wildman–Crippen LogP) is 0.0112. The van der Waals surface area contributed by atoms with Crippen LogP contribution in [0.3, 0.4) is 0 Å². The standard InChI is InChI=1S/C17H25FN4O6/c1-3-26-16(24)14(18)28-22-12-7-10(2)13(21(8-12)17(22)25)15(23)20-27-9-11-5-4-6-19-11/h7,11-14,19H,3-6,8-9H2,1-2H3,(H,20,23)/t11-,12-,13-,14+/m0/s1. The van der Waals surface area contributed by atoms with Gasteiger partial charge in [0, 0.05) is 6.04 Å². The van der Waals surface area contributed by atoms with Crippen LogP contribution in [0.15, 0.2) is 11.6 Å². The molecule has 3 aliphatic heterocycles. The van der Waals surface area contributed by atoms with Crippen LogP contribution < -0.4 is 10.8 Å². The van der Waals surface area contributed by atoms with Crippen molar-refractivity contribution in [1.82, 2.24) is 20.8 Å². The zero-order valence-electron chi connectivity index (χ0n) is 15.9. The van der Waals surface area contributed by atoms with Crippen LogP contribution in [0.25, 0.3) is 0 Å². The number of hydrogen-bond acceptors (Lipinski definition) is 7. The van der Waals surface area contributed by atoms with Crippen LogP contribution in [0, 0.1) is 0 Å². The minimum atomic E-state index is -2.42. The van der Waals surface area contributed by atoms with E-state index in [-0.39, 0.29) is 19.2 Å². The smallest absolute Gasteiger partial charge is 0.370 e. The number of hydrogen-bond donors (Lipinski definition) is 2. The first kappa shape index (κ1) is 20.5. The Bertz CT molecular complexity index is 654. The summed E-state index contributed by atoms with van der Waals surface area (Å²) in [7, 11) is 0. The molecule has 0 saturated carbocycles. The van der Waals surface area contributed by atoms with E-state index >= 15 is 0 Å². The lowest BCUT2D eigenvalue weighted by Gasteiger charge is -2.29. The summed E-state index contributed by atoms with van der Waals surface area (Å²) in [5.41, 5.74) is 2.98. The minimum absolute atomic E-state index is 0.0102. The fourth-order valence-electron chi connectivity index (χ4n) is 3.59. The van der Waals surface area contributed by atoms with Crippen molar-refractivity contribution in [3.63, 3.8) is 0 Å². The van der Waals surface area contributed by atoms with Gasteiger partial charge in [-0.3, -0.25) is 9.63 Å². The normalized spacial score (nSPS) is 27.6. The first-order chi connectivity index (χ1) is 13.4. The molecule has 10 nitrogen and oxygen atoms in total. The fraction of sp³-hybridized carbons (Fsp3) is 0.706. The van der Waals surface area contributed by atoms with Gasteiger partial charge in [0.05, 0.1) is 25.8 Å². The highest BCUT2D eigenvalue weighted by molar-refractivity contribution is 5.91. The summed E-state index contributed by atoms with van der Waals surface area (Å²) in [4.78, 5) is 47.9. The maximum absolute atomic E-state index is 13.9. The van der Waals surface area contributed by atoms with Gasteiger partial charge in [-0.25, -0.2) is 24.3 Å². The Labute approximate surface area is 161 Å². The number of halogens is 1. The third kappa shape index (κ3) is 4.26. The lowest BCUT2D eigenvalue weighted by Crippen LogP contribution is -2.50. The van der Waals surface area contributed by atoms with Gasteiger partial charge in [-0.05, 0) is 38.8 Å². The molecule has 3 amide bonds. The van der Waals surface area contributed by atoms with Gasteiger partial charge in [0.15, 0.2) is 0 Å². The van der Waals surface area contributed by atoms with Gasteiger partial charge in [0.2, 0.25) is 0 Å². The molecule has 0 unspecified atom stereocenters. The van der Waals surface area contributed by atoms with Crippen LogP contribution >= 0.6 is 0 Å². The SMILES string of the molecule is CCOC(=O)[C@H](F)ON1C(=O)N2C[C@@H]1C=C(C)[C@H]2C(=O)NOC[C@@H]1CCCN1. The Morgan fingerprint density at radius 3 is 2.93 bits per heavy atom. The molecule has 0 radical (unpaired) electrons. The second-order valence-electron chi connectivity index (χ2n) is 6.89. The van der Waals surface area contributed by atoms with Crippen molar-refractivity contribution in [3.05, 3.63) is 11.6 Å². The van der Waals surface area contributed by atoms with Crippen LogP contribution in [-0.2, 0) is 24.0 Å². The number of amides is 3. The average molecular weight is 400 g/mol. The molecule has 2 saturated heterocycles. The number of carbonyl (C=O) groups is 3. The van der Waals surface area contributed by atoms with E-state index in [1.165, 1.54) is 11.8 Å². The van der Waals surface area contributed by atoms with Crippen LogP contribution in [0.4, 0.5) is 9.18 Å². The number of urea groups is 1. The molecule has 0 aromatic heterocycles. The van der Waals surface area contributed by atoms with Gasteiger partial charge in [0.25, 0.3) is 5.91 Å². The van der Waals surface area contributed by atoms with Crippen LogP contribution in [-0.4, -0.2) is 78.7 Å². The minimum Gasteiger partial charge on any atom is -0.462 e. The summed E-state index contributed by atoms with van der Waals surface area (Å²) in [6.07, 6.45) is 1.25. The number of esters is 1. The second kappa shape index (κ2) is 8.84. The number of rotatable bonds is 8. The van der Waals surface area contributed by atoms with Gasteiger partial charge >= 0.3 is 18.4 Å². The third-order valence-electron chi connectivity index (χ3n) is 4.86. The fourth-order valence-corrected chi connectivity index (χ4v) is 3.59. The van der Waals surface area contributed by atoms with Gasteiger partial charge < -0.3 is 15.0 Å². The largest absolute Gasteiger partial charge is 0.462 e. The molecule has 3 rings (SSSR count). The molecular weight excluding hydrogens is 375 g/mol. The molecule has 0 spiro atoms. The molecule has 0 aliphatic carbocycles. The van der Waals surface area contributed by atoms with Gasteiger partial charge in [0.1, 0.15) is 6.04 Å². The molecule has 2 bridgehead atoms. The molecule has 156 valence electrons. The van der Waals surface area contributed by atoms with Crippen molar-refractivity contribution in [3.8, 4) is 0 Å². The van der Waals surface area contributed by atoms with Crippen molar-refractivity contribution >= 4 is 17.9 Å². The van der Waals surface area contributed by atoms with Crippen LogP contribution in [0.2, 0.25) is 0 Å². The first-order valence-electron chi connectivity index (χ1n) is 9.33. The zero-order valence-corrected chi connectivity index (χ0v) is 15.9. The lowest BCUT2D eigenvalue weighted by atomic mass is 10.0. The van der Waals surface area contributed by atoms with E-state index in [1.54, 1.807) is 13.0 Å². The highest BCUT2D eigenvalue weighted by Gasteiger charge is 2.49. The summed E-state index contributed by atoms with van der Waals surface area (Å²) in [6.45, 7) is 4.60. The molecule has 3 aliphatic rings. The third-order valence-corrected chi connectivity index (χ3v) is 4.86. The molecule has 0 aromatic rings. The number of carbonyl (C=O) groups excluding carboxylic acids is 3. The van der Waals surface area contributed by atoms with E-state index in [2.05, 4.69) is 15.5 Å². The molecule has 4 atom stereocenters. The number of alkyl halides is 1. The highest BCUT2D eigenvalue weighted by Crippen LogP contribution is 2.30. The number of nitrogens with zero attached hydrogens (tertiary/aromatic N) is 2. The topological polar surface area (TPSA) is 109 Å². The van der Waals surface area contributed by atoms with Crippen LogP contribution in [0.1, 0.15) is 26.7 Å². The van der Waals surface area contributed by atoms with Gasteiger partial charge in [-0.15, -0.1) is 0 Å². The molecule has 3 heterocycles. The average Bonchev–Trinajstić information content (AvgIpc) is 3.25. The lowest BCUT2D eigenvalue weighted by molar-refractivity contribution is -0.223. The predicted molar refractivity (Wildman–Crippen MR) is 93.0 cm³/mol. The van der Waals surface area contributed by atoms with E-state index in [1.807, 2.05) is 0 Å². The van der Waals surface area contributed by atoms with Crippen molar-refractivity contribution in [2.75, 3.05) is 26.3 Å². The number of hydroxylamine groups is 3. The van der Waals surface area contributed by atoms with Crippen molar-refractivity contribution in [1.29, 1.82) is 0 Å². The maximum Gasteiger partial charge on any atom is 0.370 e.